The Morgan fingerprint density at radius 2 is 1.40 bits per heavy atom. The molecule has 0 saturated heterocycles. The van der Waals surface area contributed by atoms with Gasteiger partial charge in [0.15, 0.2) is 0 Å². The highest BCUT2D eigenvalue weighted by molar-refractivity contribution is 5.45. The summed E-state index contributed by atoms with van der Waals surface area (Å²) in [5.41, 5.74) is 2.84. The summed E-state index contributed by atoms with van der Waals surface area (Å²) in [5.74, 6) is 3.46. The largest absolute Gasteiger partial charge is 0.489 e. The number of rotatable bonds is 1. The number of benzene rings is 2. The van der Waals surface area contributed by atoms with Gasteiger partial charge in [-0.2, -0.15) is 0 Å². The fourth-order valence-corrected chi connectivity index (χ4v) is 4.26. The molecule has 0 radical (unpaired) electrons. The SMILES string of the molecule is CC1C(C)C2c3ccccc3OC2C1c1ccccc1. The third-order valence-corrected chi connectivity index (χ3v) is 5.40. The zero-order valence-electron chi connectivity index (χ0n) is 12.0. The van der Waals surface area contributed by atoms with Gasteiger partial charge < -0.3 is 4.74 Å². The average molecular weight is 264 g/mol. The maximum Gasteiger partial charge on any atom is 0.123 e. The van der Waals surface area contributed by atoms with Gasteiger partial charge >= 0.3 is 0 Å². The van der Waals surface area contributed by atoms with E-state index in [-0.39, 0.29) is 0 Å². The van der Waals surface area contributed by atoms with E-state index in [0.717, 1.165) is 5.75 Å². The fourth-order valence-electron chi connectivity index (χ4n) is 4.26. The fraction of sp³-hybridized carbons (Fsp3) is 0.368. The Morgan fingerprint density at radius 1 is 0.750 bits per heavy atom. The molecule has 2 aliphatic rings. The summed E-state index contributed by atoms with van der Waals surface area (Å²) < 4.78 is 6.34. The molecule has 5 atom stereocenters. The Bertz CT molecular complexity index is 617. The molecule has 0 amide bonds. The van der Waals surface area contributed by atoms with Crippen LogP contribution in [0.4, 0.5) is 0 Å². The molecule has 1 nitrogen and oxygen atoms in total. The molecule has 4 rings (SSSR count). The van der Waals surface area contributed by atoms with Gasteiger partial charge in [0, 0.05) is 17.4 Å². The van der Waals surface area contributed by atoms with Crippen LogP contribution >= 0.6 is 0 Å². The molecule has 102 valence electrons. The third kappa shape index (κ3) is 1.56. The van der Waals surface area contributed by atoms with E-state index in [4.69, 9.17) is 4.74 Å². The van der Waals surface area contributed by atoms with Crippen LogP contribution in [0, 0.1) is 11.8 Å². The molecule has 0 N–H and O–H groups in total. The molecule has 20 heavy (non-hydrogen) atoms. The topological polar surface area (TPSA) is 9.23 Å². The minimum absolute atomic E-state index is 0.305. The molecule has 1 fully saturated rings. The van der Waals surface area contributed by atoms with E-state index in [2.05, 4.69) is 68.4 Å². The van der Waals surface area contributed by atoms with Crippen LogP contribution in [0.25, 0.3) is 0 Å². The summed E-state index contributed by atoms with van der Waals surface area (Å²) in [6.07, 6.45) is 0.305. The van der Waals surface area contributed by atoms with Crippen molar-refractivity contribution < 1.29 is 4.74 Å². The highest BCUT2D eigenvalue weighted by Gasteiger charge is 2.52. The van der Waals surface area contributed by atoms with Crippen LogP contribution in [0.1, 0.15) is 36.8 Å². The van der Waals surface area contributed by atoms with Crippen LogP contribution in [0.2, 0.25) is 0 Å². The quantitative estimate of drug-likeness (QED) is 0.731. The van der Waals surface area contributed by atoms with E-state index >= 15 is 0 Å². The average Bonchev–Trinajstić information content (AvgIpc) is 2.96. The first-order chi connectivity index (χ1) is 9.77. The van der Waals surface area contributed by atoms with Gasteiger partial charge in [-0.1, -0.05) is 62.4 Å². The first kappa shape index (κ1) is 12.0. The predicted octanol–water partition coefficient (Wildman–Crippen LogP) is 4.60. The lowest BCUT2D eigenvalue weighted by atomic mass is 9.85. The van der Waals surface area contributed by atoms with E-state index in [0.29, 0.717) is 29.8 Å². The maximum absolute atomic E-state index is 6.34. The second kappa shape index (κ2) is 4.37. The van der Waals surface area contributed by atoms with E-state index < -0.39 is 0 Å². The van der Waals surface area contributed by atoms with Crippen molar-refractivity contribution in [3.8, 4) is 5.75 Å². The van der Waals surface area contributed by atoms with Crippen molar-refractivity contribution >= 4 is 0 Å². The predicted molar refractivity (Wildman–Crippen MR) is 81.1 cm³/mol. The zero-order valence-corrected chi connectivity index (χ0v) is 12.0. The number of ether oxygens (including phenoxy) is 1. The Hall–Kier alpha value is -1.76. The molecule has 2 aromatic carbocycles. The molecule has 1 heterocycles. The summed E-state index contributed by atoms with van der Waals surface area (Å²) in [6.45, 7) is 4.77. The molecule has 0 spiro atoms. The van der Waals surface area contributed by atoms with Crippen LogP contribution in [-0.4, -0.2) is 6.10 Å². The Morgan fingerprint density at radius 3 is 2.20 bits per heavy atom. The lowest BCUT2D eigenvalue weighted by Gasteiger charge is -2.23. The minimum atomic E-state index is 0.305. The monoisotopic (exact) mass is 264 g/mol. The summed E-state index contributed by atoms with van der Waals surface area (Å²) in [5, 5.41) is 0. The highest BCUT2D eigenvalue weighted by atomic mass is 16.5. The lowest BCUT2D eigenvalue weighted by molar-refractivity contribution is 0.195. The van der Waals surface area contributed by atoms with Crippen molar-refractivity contribution in [3.05, 3.63) is 65.7 Å². The number of para-hydroxylation sites is 1. The molecular weight excluding hydrogens is 244 g/mol. The van der Waals surface area contributed by atoms with Crippen molar-refractivity contribution in [3.63, 3.8) is 0 Å². The number of fused-ring (bicyclic) bond motifs is 3. The van der Waals surface area contributed by atoms with E-state index in [1.54, 1.807) is 0 Å². The van der Waals surface area contributed by atoms with Crippen molar-refractivity contribution in [2.24, 2.45) is 11.8 Å². The Balaban J connectivity index is 1.78. The van der Waals surface area contributed by atoms with Crippen LogP contribution in [-0.2, 0) is 0 Å². The standard InChI is InChI=1S/C19H20O/c1-12-13(2)18-15-10-6-7-11-16(15)20-19(18)17(12)14-8-4-3-5-9-14/h3-13,17-19H,1-2H3. The molecule has 5 unspecified atom stereocenters. The molecular formula is C19H20O. The lowest BCUT2D eigenvalue weighted by Crippen LogP contribution is -2.22. The van der Waals surface area contributed by atoms with Crippen LogP contribution in [0.15, 0.2) is 54.6 Å². The third-order valence-electron chi connectivity index (χ3n) is 5.40. The Kier molecular flexibility index (Phi) is 2.63. The molecule has 0 aromatic heterocycles. The number of hydrogen-bond acceptors (Lipinski definition) is 1. The molecule has 0 bridgehead atoms. The second-order valence-electron chi connectivity index (χ2n) is 6.30. The van der Waals surface area contributed by atoms with Gasteiger partial charge in [0.05, 0.1) is 0 Å². The van der Waals surface area contributed by atoms with Gasteiger partial charge in [-0.25, -0.2) is 0 Å². The summed E-state index contributed by atoms with van der Waals surface area (Å²) in [4.78, 5) is 0. The summed E-state index contributed by atoms with van der Waals surface area (Å²) >= 11 is 0. The second-order valence-corrected chi connectivity index (χ2v) is 6.30. The van der Waals surface area contributed by atoms with Crippen molar-refractivity contribution in [2.75, 3.05) is 0 Å². The maximum atomic E-state index is 6.34. The van der Waals surface area contributed by atoms with Gasteiger partial charge in [0.25, 0.3) is 0 Å². The summed E-state index contributed by atoms with van der Waals surface area (Å²) in [6, 6.07) is 19.5. The minimum Gasteiger partial charge on any atom is -0.489 e. The van der Waals surface area contributed by atoms with Crippen LogP contribution < -0.4 is 4.74 Å². The molecule has 1 aliphatic heterocycles. The number of hydrogen-bond donors (Lipinski definition) is 0. The first-order valence-electron chi connectivity index (χ1n) is 7.58. The molecule has 1 heteroatoms. The van der Waals surface area contributed by atoms with Gasteiger partial charge in [-0.3, -0.25) is 0 Å². The normalized spacial score (nSPS) is 34.4. The van der Waals surface area contributed by atoms with Crippen molar-refractivity contribution in [1.29, 1.82) is 0 Å². The summed E-state index contributed by atoms with van der Waals surface area (Å²) in [7, 11) is 0. The highest BCUT2D eigenvalue weighted by Crippen LogP contribution is 2.57. The van der Waals surface area contributed by atoms with E-state index in [9.17, 15) is 0 Å². The van der Waals surface area contributed by atoms with E-state index in [1.807, 2.05) is 0 Å². The first-order valence-corrected chi connectivity index (χ1v) is 7.58. The zero-order chi connectivity index (χ0) is 13.7. The molecule has 1 saturated carbocycles. The van der Waals surface area contributed by atoms with Crippen molar-refractivity contribution in [2.45, 2.75) is 31.8 Å². The van der Waals surface area contributed by atoms with Gasteiger partial charge in [-0.05, 0) is 23.5 Å². The van der Waals surface area contributed by atoms with Gasteiger partial charge in [0.1, 0.15) is 11.9 Å². The van der Waals surface area contributed by atoms with Gasteiger partial charge in [-0.15, -0.1) is 0 Å². The van der Waals surface area contributed by atoms with E-state index in [1.165, 1.54) is 11.1 Å². The van der Waals surface area contributed by atoms with Crippen molar-refractivity contribution in [1.82, 2.24) is 0 Å². The van der Waals surface area contributed by atoms with Gasteiger partial charge in [0.2, 0.25) is 0 Å². The Labute approximate surface area is 120 Å². The van der Waals surface area contributed by atoms with Crippen LogP contribution in [0.3, 0.4) is 0 Å². The molecule has 2 aromatic rings. The smallest absolute Gasteiger partial charge is 0.123 e. The van der Waals surface area contributed by atoms with Crippen LogP contribution in [0.5, 0.6) is 5.75 Å². The molecule has 1 aliphatic carbocycles.